The van der Waals surface area contributed by atoms with E-state index in [0.717, 1.165) is 25.1 Å². The first-order valence-electron chi connectivity index (χ1n) is 7.70. The minimum Gasteiger partial charge on any atom is -0.370 e. The molecule has 0 aromatic heterocycles. The number of likely N-dealkylation sites (tertiary alicyclic amines) is 1. The van der Waals surface area contributed by atoms with Crippen LogP contribution >= 0.6 is 0 Å². The molecule has 2 rings (SSSR count). The molecule has 22 heavy (non-hydrogen) atoms. The van der Waals surface area contributed by atoms with E-state index < -0.39 is 9.84 Å². The molecular formula is C16H25N3O2S. The number of aliphatic imine (C=N–C) groups is 1. The molecule has 1 aromatic carbocycles. The fourth-order valence-electron chi connectivity index (χ4n) is 2.70. The summed E-state index contributed by atoms with van der Waals surface area (Å²) in [6, 6.07) is 6.96. The lowest BCUT2D eigenvalue weighted by Crippen LogP contribution is -2.43. The average Bonchev–Trinajstić information content (AvgIpc) is 2.47. The smallest absolute Gasteiger partial charge is 0.191 e. The lowest BCUT2D eigenvalue weighted by molar-refractivity contribution is 0.270. The van der Waals surface area contributed by atoms with Crippen LogP contribution in [-0.4, -0.2) is 45.2 Å². The summed E-state index contributed by atoms with van der Waals surface area (Å²) in [6.07, 6.45) is 4.40. The standard InChI is InChI=1S/C16H25N3O2S/c1-13-4-3-11-19(12-13)16(17)18-10-9-14-5-7-15(8-6-14)22(2,20)21/h5-8,13H,3-4,9-12H2,1-2H3,(H2,17,18). The SMILES string of the molecule is CC1CCCN(C(N)=NCCc2ccc(S(C)(=O)=O)cc2)C1. The Balaban J connectivity index is 1.88. The summed E-state index contributed by atoms with van der Waals surface area (Å²) in [5.74, 6) is 1.30. The quantitative estimate of drug-likeness (QED) is 0.675. The molecule has 1 aliphatic heterocycles. The zero-order chi connectivity index (χ0) is 16.2. The number of piperidine rings is 1. The van der Waals surface area contributed by atoms with Crippen LogP contribution in [0.4, 0.5) is 0 Å². The number of hydrogen-bond donors (Lipinski definition) is 1. The van der Waals surface area contributed by atoms with Crippen molar-refractivity contribution >= 4 is 15.8 Å². The van der Waals surface area contributed by atoms with Crippen molar-refractivity contribution in [3.63, 3.8) is 0 Å². The second-order valence-electron chi connectivity index (χ2n) is 6.10. The molecule has 5 nitrogen and oxygen atoms in total. The Hall–Kier alpha value is -1.56. The van der Waals surface area contributed by atoms with Gasteiger partial charge in [-0.25, -0.2) is 8.42 Å². The zero-order valence-corrected chi connectivity index (χ0v) is 14.1. The van der Waals surface area contributed by atoms with Gasteiger partial charge in [0.25, 0.3) is 0 Å². The zero-order valence-electron chi connectivity index (χ0n) is 13.3. The van der Waals surface area contributed by atoms with Gasteiger partial charge < -0.3 is 10.6 Å². The van der Waals surface area contributed by atoms with E-state index in [1.54, 1.807) is 12.1 Å². The van der Waals surface area contributed by atoms with Gasteiger partial charge in [0.1, 0.15) is 0 Å². The molecule has 0 saturated carbocycles. The maximum absolute atomic E-state index is 11.4. The molecule has 2 N–H and O–H groups in total. The second kappa shape index (κ2) is 7.13. The molecule has 0 aliphatic carbocycles. The van der Waals surface area contributed by atoms with Crippen LogP contribution in [-0.2, 0) is 16.3 Å². The molecule has 6 heteroatoms. The van der Waals surface area contributed by atoms with Gasteiger partial charge in [0.15, 0.2) is 15.8 Å². The van der Waals surface area contributed by atoms with E-state index in [4.69, 9.17) is 5.73 Å². The molecule has 0 radical (unpaired) electrons. The highest BCUT2D eigenvalue weighted by Gasteiger charge is 2.17. The molecular weight excluding hydrogens is 298 g/mol. The molecule has 1 aliphatic rings. The van der Waals surface area contributed by atoms with Gasteiger partial charge in [0.05, 0.1) is 4.90 Å². The highest BCUT2D eigenvalue weighted by Crippen LogP contribution is 2.15. The van der Waals surface area contributed by atoms with Gasteiger partial charge in [-0.3, -0.25) is 4.99 Å². The van der Waals surface area contributed by atoms with E-state index in [1.165, 1.54) is 19.1 Å². The van der Waals surface area contributed by atoms with Crippen LogP contribution in [0.1, 0.15) is 25.3 Å². The highest BCUT2D eigenvalue weighted by molar-refractivity contribution is 7.90. The summed E-state index contributed by atoms with van der Waals surface area (Å²) in [7, 11) is -3.13. The molecule has 122 valence electrons. The Morgan fingerprint density at radius 2 is 2.05 bits per heavy atom. The molecule has 1 atom stereocenters. The Bertz CT molecular complexity index is 623. The first-order chi connectivity index (χ1) is 10.4. The van der Waals surface area contributed by atoms with Gasteiger partial charge in [0, 0.05) is 25.9 Å². The predicted molar refractivity (Wildman–Crippen MR) is 89.7 cm³/mol. The number of guanidine groups is 1. The van der Waals surface area contributed by atoms with Crippen LogP contribution in [0, 0.1) is 5.92 Å². The Labute approximate surface area is 133 Å². The highest BCUT2D eigenvalue weighted by atomic mass is 32.2. The summed E-state index contributed by atoms with van der Waals surface area (Å²) in [6.45, 7) is 4.83. The van der Waals surface area contributed by atoms with Gasteiger partial charge in [-0.2, -0.15) is 0 Å². The summed E-state index contributed by atoms with van der Waals surface area (Å²) in [5, 5.41) is 0. The second-order valence-corrected chi connectivity index (χ2v) is 8.12. The summed E-state index contributed by atoms with van der Waals surface area (Å²) in [4.78, 5) is 6.95. The van der Waals surface area contributed by atoms with E-state index >= 15 is 0 Å². The van der Waals surface area contributed by atoms with Crippen LogP contribution in [0.5, 0.6) is 0 Å². The molecule has 0 spiro atoms. The topological polar surface area (TPSA) is 75.8 Å². The van der Waals surface area contributed by atoms with Crippen LogP contribution in [0.15, 0.2) is 34.2 Å². The molecule has 1 fully saturated rings. The van der Waals surface area contributed by atoms with E-state index in [2.05, 4.69) is 16.8 Å². The van der Waals surface area contributed by atoms with Crippen LogP contribution in [0.2, 0.25) is 0 Å². The van der Waals surface area contributed by atoms with E-state index in [1.807, 2.05) is 12.1 Å². The Morgan fingerprint density at radius 3 is 2.64 bits per heavy atom. The normalized spacial score (nSPS) is 20.2. The number of benzene rings is 1. The van der Waals surface area contributed by atoms with Crippen molar-refractivity contribution in [3.05, 3.63) is 29.8 Å². The van der Waals surface area contributed by atoms with Gasteiger partial charge in [-0.15, -0.1) is 0 Å². The van der Waals surface area contributed by atoms with Gasteiger partial charge in [0.2, 0.25) is 0 Å². The van der Waals surface area contributed by atoms with Crippen molar-refractivity contribution in [1.29, 1.82) is 0 Å². The monoisotopic (exact) mass is 323 g/mol. The fraction of sp³-hybridized carbons (Fsp3) is 0.562. The Kier molecular flexibility index (Phi) is 5.45. The Morgan fingerprint density at radius 1 is 1.36 bits per heavy atom. The fourth-order valence-corrected chi connectivity index (χ4v) is 3.33. The molecule has 1 aromatic rings. The minimum atomic E-state index is -3.13. The van der Waals surface area contributed by atoms with Gasteiger partial charge in [-0.1, -0.05) is 19.1 Å². The largest absolute Gasteiger partial charge is 0.370 e. The molecule has 1 unspecified atom stereocenters. The number of nitrogens with zero attached hydrogens (tertiary/aromatic N) is 2. The van der Waals surface area contributed by atoms with E-state index in [-0.39, 0.29) is 0 Å². The number of nitrogens with two attached hydrogens (primary N) is 1. The van der Waals surface area contributed by atoms with Crippen LogP contribution in [0.25, 0.3) is 0 Å². The lowest BCUT2D eigenvalue weighted by atomic mass is 10.0. The van der Waals surface area contributed by atoms with Gasteiger partial charge in [-0.05, 0) is 42.9 Å². The molecule has 0 amide bonds. The lowest BCUT2D eigenvalue weighted by Gasteiger charge is -2.31. The van der Waals surface area contributed by atoms with Crippen LogP contribution in [0.3, 0.4) is 0 Å². The molecule has 1 heterocycles. The number of rotatable bonds is 4. The average molecular weight is 323 g/mol. The summed E-state index contributed by atoms with van der Waals surface area (Å²) >= 11 is 0. The number of sulfone groups is 1. The molecule has 1 saturated heterocycles. The number of hydrogen-bond acceptors (Lipinski definition) is 3. The van der Waals surface area contributed by atoms with Crippen molar-refractivity contribution in [2.75, 3.05) is 25.9 Å². The van der Waals surface area contributed by atoms with Crippen molar-refractivity contribution in [1.82, 2.24) is 4.90 Å². The first kappa shape index (κ1) is 16.8. The molecule has 0 bridgehead atoms. The maximum Gasteiger partial charge on any atom is 0.191 e. The van der Waals surface area contributed by atoms with Crippen molar-refractivity contribution in [2.45, 2.75) is 31.1 Å². The third kappa shape index (κ3) is 4.73. The maximum atomic E-state index is 11.4. The first-order valence-corrected chi connectivity index (χ1v) is 9.59. The van der Waals surface area contributed by atoms with Crippen molar-refractivity contribution in [2.24, 2.45) is 16.6 Å². The van der Waals surface area contributed by atoms with Crippen molar-refractivity contribution < 1.29 is 8.42 Å². The summed E-state index contributed by atoms with van der Waals surface area (Å²) in [5.41, 5.74) is 7.12. The minimum absolute atomic E-state index is 0.349. The summed E-state index contributed by atoms with van der Waals surface area (Å²) < 4.78 is 22.8. The third-order valence-electron chi connectivity index (χ3n) is 4.01. The van der Waals surface area contributed by atoms with Crippen molar-refractivity contribution in [3.8, 4) is 0 Å². The predicted octanol–water partition coefficient (Wildman–Crippen LogP) is 1.68. The van der Waals surface area contributed by atoms with E-state index in [0.29, 0.717) is 23.3 Å². The van der Waals surface area contributed by atoms with E-state index in [9.17, 15) is 8.42 Å². The van der Waals surface area contributed by atoms with Crippen LogP contribution < -0.4 is 5.73 Å². The van der Waals surface area contributed by atoms with Gasteiger partial charge >= 0.3 is 0 Å². The third-order valence-corrected chi connectivity index (χ3v) is 5.14.